The number of hydrogen-bond donors (Lipinski definition) is 2. The third kappa shape index (κ3) is 3.19. The number of nitrogens with one attached hydrogen (secondary N) is 1. The molecule has 5 nitrogen and oxygen atoms in total. The van der Waals surface area contributed by atoms with E-state index < -0.39 is 17.8 Å². The van der Waals surface area contributed by atoms with Crippen LogP contribution in [0, 0.1) is 5.82 Å². The first-order valence-electron chi connectivity index (χ1n) is 5.39. The van der Waals surface area contributed by atoms with Gasteiger partial charge >= 0.3 is 12.0 Å². The molecule has 0 unspecified atom stereocenters. The molecule has 2 amide bonds. The molecule has 0 aliphatic carbocycles. The number of halogens is 1. The molecule has 1 rings (SSSR count). The molecule has 0 saturated heterocycles. The van der Waals surface area contributed by atoms with Crippen molar-refractivity contribution in [1.29, 1.82) is 0 Å². The van der Waals surface area contributed by atoms with Crippen LogP contribution in [0.1, 0.15) is 24.2 Å². The molecule has 6 heteroatoms. The number of nitrogens with zero attached hydrogens (tertiary/aromatic N) is 1. The lowest BCUT2D eigenvalue weighted by Gasteiger charge is -2.22. The van der Waals surface area contributed by atoms with E-state index >= 15 is 0 Å². The van der Waals surface area contributed by atoms with Crippen molar-refractivity contribution in [1.82, 2.24) is 4.90 Å². The molecule has 0 radical (unpaired) electrons. The standard InChI is InChI=1S/C12H15FN2O3/c1-7(2)15(3)12(18)14-10-5-4-8(11(16)17)6-9(10)13/h4-7H,1-3H3,(H,14,18)(H,16,17). The highest BCUT2D eigenvalue weighted by atomic mass is 19.1. The highest BCUT2D eigenvalue weighted by Crippen LogP contribution is 2.16. The summed E-state index contributed by atoms with van der Waals surface area (Å²) in [6.45, 7) is 3.65. The predicted molar refractivity (Wildman–Crippen MR) is 65.3 cm³/mol. The van der Waals surface area contributed by atoms with E-state index in [0.717, 1.165) is 6.07 Å². The smallest absolute Gasteiger partial charge is 0.335 e. The second-order valence-corrected chi connectivity index (χ2v) is 4.13. The fourth-order valence-corrected chi connectivity index (χ4v) is 1.19. The van der Waals surface area contributed by atoms with Gasteiger partial charge in [-0.2, -0.15) is 0 Å². The Bertz CT molecular complexity index is 474. The number of carboxylic acids is 1. The molecule has 1 aromatic rings. The molecule has 0 aliphatic rings. The van der Waals surface area contributed by atoms with E-state index in [1.165, 1.54) is 17.0 Å². The lowest BCUT2D eigenvalue weighted by molar-refractivity contribution is 0.0696. The van der Waals surface area contributed by atoms with Gasteiger partial charge in [0.1, 0.15) is 5.82 Å². The minimum atomic E-state index is -1.22. The average Bonchev–Trinajstić information content (AvgIpc) is 2.30. The predicted octanol–water partition coefficient (Wildman–Crippen LogP) is 2.40. The molecule has 0 fully saturated rings. The normalized spacial score (nSPS) is 10.3. The zero-order chi connectivity index (χ0) is 13.9. The summed E-state index contributed by atoms with van der Waals surface area (Å²) >= 11 is 0. The van der Waals surface area contributed by atoms with Crippen molar-refractivity contribution in [3.05, 3.63) is 29.6 Å². The number of aromatic carboxylic acids is 1. The van der Waals surface area contributed by atoms with Gasteiger partial charge in [-0.3, -0.25) is 0 Å². The highest BCUT2D eigenvalue weighted by Gasteiger charge is 2.15. The lowest BCUT2D eigenvalue weighted by Crippen LogP contribution is -2.36. The van der Waals surface area contributed by atoms with Crippen LogP contribution in [-0.2, 0) is 0 Å². The molecule has 0 bridgehead atoms. The Morgan fingerprint density at radius 2 is 2.00 bits per heavy atom. The summed E-state index contributed by atoms with van der Waals surface area (Å²) in [5.74, 6) is -1.99. The monoisotopic (exact) mass is 254 g/mol. The van der Waals surface area contributed by atoms with E-state index in [2.05, 4.69) is 5.32 Å². The molecule has 2 N–H and O–H groups in total. The van der Waals surface area contributed by atoms with Crippen molar-refractivity contribution in [3.8, 4) is 0 Å². The average molecular weight is 254 g/mol. The molecule has 0 aliphatic heterocycles. The Morgan fingerprint density at radius 3 is 2.44 bits per heavy atom. The number of benzene rings is 1. The summed E-state index contributed by atoms with van der Waals surface area (Å²) in [6, 6.07) is 2.85. The Labute approximate surface area is 104 Å². The van der Waals surface area contributed by atoms with Crippen molar-refractivity contribution in [2.75, 3.05) is 12.4 Å². The minimum Gasteiger partial charge on any atom is -0.478 e. The molecular formula is C12H15FN2O3. The second kappa shape index (κ2) is 5.48. The summed E-state index contributed by atoms with van der Waals surface area (Å²) < 4.78 is 13.5. The number of carbonyl (C=O) groups excluding carboxylic acids is 1. The molecular weight excluding hydrogens is 239 g/mol. The van der Waals surface area contributed by atoms with Gasteiger partial charge < -0.3 is 15.3 Å². The minimum absolute atomic E-state index is 0.0219. The van der Waals surface area contributed by atoms with Crippen LogP contribution in [0.15, 0.2) is 18.2 Å². The first-order valence-corrected chi connectivity index (χ1v) is 5.39. The van der Waals surface area contributed by atoms with E-state index in [0.29, 0.717) is 0 Å². The van der Waals surface area contributed by atoms with Gasteiger partial charge in [0.2, 0.25) is 0 Å². The number of amides is 2. The number of rotatable bonds is 3. The summed E-state index contributed by atoms with van der Waals surface area (Å²) in [7, 11) is 1.59. The van der Waals surface area contributed by atoms with Crippen molar-refractivity contribution in [2.24, 2.45) is 0 Å². The maximum absolute atomic E-state index is 13.5. The van der Waals surface area contributed by atoms with Crippen LogP contribution in [0.5, 0.6) is 0 Å². The van der Waals surface area contributed by atoms with Gasteiger partial charge in [-0.15, -0.1) is 0 Å². The summed E-state index contributed by atoms with van der Waals surface area (Å²) in [5.41, 5.74) is -0.208. The first kappa shape index (κ1) is 14.0. The fraction of sp³-hybridized carbons (Fsp3) is 0.333. The van der Waals surface area contributed by atoms with Gasteiger partial charge in [0.15, 0.2) is 0 Å². The topological polar surface area (TPSA) is 69.6 Å². The van der Waals surface area contributed by atoms with Crippen LogP contribution in [0.2, 0.25) is 0 Å². The summed E-state index contributed by atoms with van der Waals surface area (Å²) in [4.78, 5) is 23.7. The number of carboxylic acid groups (broad SMARTS) is 1. The van der Waals surface area contributed by atoms with Crippen LogP contribution in [0.25, 0.3) is 0 Å². The molecule has 1 aromatic carbocycles. The van der Waals surface area contributed by atoms with Gasteiger partial charge in [0.05, 0.1) is 11.3 Å². The molecule has 0 aromatic heterocycles. The van der Waals surface area contributed by atoms with Crippen LogP contribution >= 0.6 is 0 Å². The van der Waals surface area contributed by atoms with Gasteiger partial charge in [0.25, 0.3) is 0 Å². The molecule has 0 saturated carbocycles. The quantitative estimate of drug-likeness (QED) is 0.870. The molecule has 18 heavy (non-hydrogen) atoms. The maximum Gasteiger partial charge on any atom is 0.335 e. The zero-order valence-electron chi connectivity index (χ0n) is 10.4. The van der Waals surface area contributed by atoms with Gasteiger partial charge in [0, 0.05) is 13.1 Å². The van der Waals surface area contributed by atoms with Crippen LogP contribution < -0.4 is 5.32 Å². The van der Waals surface area contributed by atoms with Crippen molar-refractivity contribution in [2.45, 2.75) is 19.9 Å². The Kier molecular flexibility index (Phi) is 4.25. The van der Waals surface area contributed by atoms with E-state index in [4.69, 9.17) is 5.11 Å². The van der Waals surface area contributed by atoms with Crippen molar-refractivity contribution < 1.29 is 19.1 Å². The molecule has 0 spiro atoms. The molecule has 98 valence electrons. The van der Waals surface area contributed by atoms with Gasteiger partial charge in [-0.25, -0.2) is 14.0 Å². The third-order valence-corrected chi connectivity index (χ3v) is 2.55. The van der Waals surface area contributed by atoms with Crippen molar-refractivity contribution in [3.63, 3.8) is 0 Å². The molecule has 0 atom stereocenters. The van der Waals surface area contributed by atoms with Gasteiger partial charge in [-0.1, -0.05) is 0 Å². The van der Waals surface area contributed by atoms with Crippen LogP contribution in [-0.4, -0.2) is 35.1 Å². The lowest BCUT2D eigenvalue weighted by atomic mass is 10.2. The summed E-state index contributed by atoms with van der Waals surface area (Å²) in [5, 5.41) is 11.1. The van der Waals surface area contributed by atoms with E-state index in [1.54, 1.807) is 7.05 Å². The fourth-order valence-electron chi connectivity index (χ4n) is 1.19. The number of anilines is 1. The third-order valence-electron chi connectivity index (χ3n) is 2.55. The number of urea groups is 1. The van der Waals surface area contributed by atoms with Crippen molar-refractivity contribution >= 4 is 17.7 Å². The molecule has 0 heterocycles. The second-order valence-electron chi connectivity index (χ2n) is 4.13. The van der Waals surface area contributed by atoms with E-state index in [1.807, 2.05) is 13.8 Å². The SMILES string of the molecule is CC(C)N(C)C(=O)Nc1ccc(C(=O)O)cc1F. The largest absolute Gasteiger partial charge is 0.478 e. The number of hydrogen-bond acceptors (Lipinski definition) is 2. The Morgan fingerprint density at radius 1 is 1.39 bits per heavy atom. The Hall–Kier alpha value is -2.11. The highest BCUT2D eigenvalue weighted by molar-refractivity contribution is 5.91. The summed E-state index contributed by atoms with van der Waals surface area (Å²) in [6.07, 6.45) is 0. The van der Waals surface area contributed by atoms with Crippen LogP contribution in [0.4, 0.5) is 14.9 Å². The first-order chi connectivity index (χ1) is 8.32. The zero-order valence-corrected chi connectivity index (χ0v) is 10.4. The van der Waals surface area contributed by atoms with Crippen LogP contribution in [0.3, 0.4) is 0 Å². The maximum atomic E-state index is 13.5. The van der Waals surface area contributed by atoms with E-state index in [9.17, 15) is 14.0 Å². The Balaban J connectivity index is 2.86. The number of carbonyl (C=O) groups is 2. The van der Waals surface area contributed by atoms with Gasteiger partial charge in [-0.05, 0) is 32.0 Å². The van der Waals surface area contributed by atoms with E-state index in [-0.39, 0.29) is 17.3 Å².